The van der Waals surface area contributed by atoms with Crippen LogP contribution in [0.1, 0.15) is 33.6 Å². The standard InChI is InChI=1S/C16H25N3/c1-13(2)11-14(3)17-9-6-10-19-12-18-15-7-4-5-8-16(15)19/h4-5,7-8,12-14,17H,6,9-11H2,1-3H3. The smallest absolute Gasteiger partial charge is 0.0958 e. The van der Waals surface area contributed by atoms with Crippen molar-refractivity contribution in [2.45, 2.75) is 46.2 Å². The number of fused-ring (bicyclic) bond motifs is 1. The second kappa shape index (κ2) is 6.71. The van der Waals surface area contributed by atoms with Crippen molar-refractivity contribution in [3.8, 4) is 0 Å². The number of imidazole rings is 1. The molecule has 1 atom stereocenters. The van der Waals surface area contributed by atoms with Crippen LogP contribution in [0.25, 0.3) is 11.0 Å². The molecule has 3 nitrogen and oxygen atoms in total. The topological polar surface area (TPSA) is 29.9 Å². The molecular formula is C16H25N3. The first kappa shape index (κ1) is 14.1. The lowest BCUT2D eigenvalue weighted by Gasteiger charge is -2.15. The number of hydrogen-bond acceptors (Lipinski definition) is 2. The molecule has 3 heteroatoms. The molecule has 1 aromatic carbocycles. The minimum absolute atomic E-state index is 0.611. The highest BCUT2D eigenvalue weighted by atomic mass is 15.0. The first-order chi connectivity index (χ1) is 9.16. The Morgan fingerprint density at radius 1 is 1.21 bits per heavy atom. The largest absolute Gasteiger partial charge is 0.331 e. The molecule has 0 spiro atoms. The normalized spacial score (nSPS) is 13.3. The number of hydrogen-bond donors (Lipinski definition) is 1. The monoisotopic (exact) mass is 259 g/mol. The van der Waals surface area contributed by atoms with Gasteiger partial charge < -0.3 is 9.88 Å². The Kier molecular flexibility index (Phi) is 4.97. The van der Waals surface area contributed by atoms with Gasteiger partial charge in [-0.05, 0) is 44.4 Å². The third-order valence-electron chi connectivity index (χ3n) is 3.42. The van der Waals surface area contributed by atoms with Gasteiger partial charge in [0.2, 0.25) is 0 Å². The first-order valence-electron chi connectivity index (χ1n) is 7.30. The average Bonchev–Trinajstić information content (AvgIpc) is 2.77. The number of aryl methyl sites for hydroxylation is 1. The summed E-state index contributed by atoms with van der Waals surface area (Å²) in [6, 6.07) is 8.92. The molecular weight excluding hydrogens is 234 g/mol. The summed E-state index contributed by atoms with van der Waals surface area (Å²) >= 11 is 0. The molecule has 0 aliphatic rings. The maximum atomic E-state index is 4.41. The van der Waals surface area contributed by atoms with Crippen molar-refractivity contribution in [1.82, 2.24) is 14.9 Å². The highest BCUT2D eigenvalue weighted by molar-refractivity contribution is 5.74. The van der Waals surface area contributed by atoms with E-state index < -0.39 is 0 Å². The molecule has 0 saturated heterocycles. The van der Waals surface area contributed by atoms with Gasteiger partial charge in [0.25, 0.3) is 0 Å². The summed E-state index contributed by atoms with van der Waals surface area (Å²) < 4.78 is 2.24. The number of nitrogens with one attached hydrogen (secondary N) is 1. The summed E-state index contributed by atoms with van der Waals surface area (Å²) in [6.45, 7) is 8.92. The van der Waals surface area contributed by atoms with E-state index >= 15 is 0 Å². The highest BCUT2D eigenvalue weighted by Gasteiger charge is 2.04. The molecule has 0 radical (unpaired) electrons. The molecule has 1 heterocycles. The summed E-state index contributed by atoms with van der Waals surface area (Å²) in [5.41, 5.74) is 2.32. The quantitative estimate of drug-likeness (QED) is 0.772. The predicted molar refractivity (Wildman–Crippen MR) is 81.3 cm³/mol. The van der Waals surface area contributed by atoms with Crippen molar-refractivity contribution >= 4 is 11.0 Å². The van der Waals surface area contributed by atoms with Gasteiger partial charge >= 0.3 is 0 Å². The summed E-state index contributed by atoms with van der Waals surface area (Å²) in [4.78, 5) is 4.41. The van der Waals surface area contributed by atoms with Gasteiger partial charge in [0.05, 0.1) is 17.4 Å². The fraction of sp³-hybridized carbons (Fsp3) is 0.562. The Morgan fingerprint density at radius 2 is 2.00 bits per heavy atom. The van der Waals surface area contributed by atoms with E-state index in [0.717, 1.165) is 30.9 Å². The van der Waals surface area contributed by atoms with Crippen molar-refractivity contribution in [1.29, 1.82) is 0 Å². The van der Waals surface area contributed by atoms with Gasteiger partial charge in [-0.2, -0.15) is 0 Å². The second-order valence-electron chi connectivity index (χ2n) is 5.76. The van der Waals surface area contributed by atoms with Gasteiger partial charge in [-0.25, -0.2) is 4.98 Å². The van der Waals surface area contributed by atoms with Crippen molar-refractivity contribution in [2.24, 2.45) is 5.92 Å². The Hall–Kier alpha value is -1.35. The van der Waals surface area contributed by atoms with Crippen LogP contribution in [0.3, 0.4) is 0 Å². The molecule has 104 valence electrons. The minimum Gasteiger partial charge on any atom is -0.331 e. The lowest BCUT2D eigenvalue weighted by Crippen LogP contribution is -2.28. The number of benzene rings is 1. The molecule has 0 aliphatic heterocycles. The predicted octanol–water partition coefficient (Wildman–Crippen LogP) is 3.45. The molecule has 2 rings (SSSR count). The number of para-hydroxylation sites is 2. The van der Waals surface area contributed by atoms with Crippen LogP contribution in [-0.4, -0.2) is 22.1 Å². The summed E-state index contributed by atoms with van der Waals surface area (Å²) in [5.74, 6) is 0.764. The third-order valence-corrected chi connectivity index (χ3v) is 3.42. The minimum atomic E-state index is 0.611. The molecule has 1 N–H and O–H groups in total. The summed E-state index contributed by atoms with van der Waals surface area (Å²) in [7, 11) is 0. The lowest BCUT2D eigenvalue weighted by atomic mass is 10.1. The third kappa shape index (κ3) is 4.06. The van der Waals surface area contributed by atoms with Gasteiger partial charge in [-0.15, -0.1) is 0 Å². The molecule has 0 amide bonds. The van der Waals surface area contributed by atoms with E-state index in [1.54, 1.807) is 0 Å². The number of aromatic nitrogens is 2. The van der Waals surface area contributed by atoms with E-state index in [1.807, 2.05) is 12.4 Å². The van der Waals surface area contributed by atoms with Gasteiger partial charge in [-0.1, -0.05) is 26.0 Å². The second-order valence-corrected chi connectivity index (χ2v) is 5.76. The van der Waals surface area contributed by atoms with Crippen LogP contribution in [-0.2, 0) is 6.54 Å². The van der Waals surface area contributed by atoms with Crippen molar-refractivity contribution in [2.75, 3.05) is 6.54 Å². The van der Waals surface area contributed by atoms with Crippen LogP contribution in [0.5, 0.6) is 0 Å². The van der Waals surface area contributed by atoms with Crippen LogP contribution >= 0.6 is 0 Å². The Bertz CT molecular complexity index is 501. The molecule has 19 heavy (non-hydrogen) atoms. The Morgan fingerprint density at radius 3 is 2.79 bits per heavy atom. The fourth-order valence-electron chi connectivity index (χ4n) is 2.58. The number of nitrogens with zero attached hydrogens (tertiary/aromatic N) is 2. The maximum Gasteiger partial charge on any atom is 0.0958 e. The van der Waals surface area contributed by atoms with E-state index in [2.05, 4.69) is 53.8 Å². The molecule has 0 aliphatic carbocycles. The van der Waals surface area contributed by atoms with Gasteiger partial charge in [0, 0.05) is 12.6 Å². The van der Waals surface area contributed by atoms with Crippen molar-refractivity contribution < 1.29 is 0 Å². The van der Waals surface area contributed by atoms with Crippen molar-refractivity contribution in [3.63, 3.8) is 0 Å². The van der Waals surface area contributed by atoms with E-state index in [-0.39, 0.29) is 0 Å². The van der Waals surface area contributed by atoms with E-state index in [0.29, 0.717) is 6.04 Å². The first-order valence-corrected chi connectivity index (χ1v) is 7.30. The van der Waals surface area contributed by atoms with Crippen LogP contribution in [0, 0.1) is 5.92 Å². The molecule has 0 saturated carbocycles. The molecule has 1 unspecified atom stereocenters. The SMILES string of the molecule is CC(C)CC(C)NCCCn1cnc2ccccc21. The van der Waals surface area contributed by atoms with Crippen LogP contribution < -0.4 is 5.32 Å². The van der Waals surface area contributed by atoms with Gasteiger partial charge in [-0.3, -0.25) is 0 Å². The zero-order valence-corrected chi connectivity index (χ0v) is 12.3. The number of rotatable bonds is 7. The Balaban J connectivity index is 1.77. The molecule has 2 aromatic rings. The van der Waals surface area contributed by atoms with Crippen LogP contribution in [0.2, 0.25) is 0 Å². The van der Waals surface area contributed by atoms with Gasteiger partial charge in [0.15, 0.2) is 0 Å². The maximum absolute atomic E-state index is 4.41. The summed E-state index contributed by atoms with van der Waals surface area (Å²) in [6.07, 6.45) is 4.33. The van der Waals surface area contributed by atoms with E-state index in [4.69, 9.17) is 0 Å². The zero-order valence-electron chi connectivity index (χ0n) is 12.3. The van der Waals surface area contributed by atoms with Crippen molar-refractivity contribution in [3.05, 3.63) is 30.6 Å². The highest BCUT2D eigenvalue weighted by Crippen LogP contribution is 2.12. The van der Waals surface area contributed by atoms with E-state index in [1.165, 1.54) is 11.9 Å². The summed E-state index contributed by atoms with van der Waals surface area (Å²) in [5, 5.41) is 3.59. The van der Waals surface area contributed by atoms with Gasteiger partial charge in [0.1, 0.15) is 0 Å². The lowest BCUT2D eigenvalue weighted by molar-refractivity contribution is 0.433. The zero-order chi connectivity index (χ0) is 13.7. The van der Waals surface area contributed by atoms with Crippen LogP contribution in [0.15, 0.2) is 30.6 Å². The van der Waals surface area contributed by atoms with Crippen LogP contribution in [0.4, 0.5) is 0 Å². The molecule has 0 fully saturated rings. The average molecular weight is 259 g/mol. The fourth-order valence-corrected chi connectivity index (χ4v) is 2.58. The molecule has 0 bridgehead atoms. The molecule has 1 aromatic heterocycles. The van der Waals surface area contributed by atoms with E-state index in [9.17, 15) is 0 Å². The Labute approximate surface area is 116 Å².